The third-order valence-electron chi connectivity index (χ3n) is 4.56. The first-order valence-corrected chi connectivity index (χ1v) is 9.07. The van der Waals surface area contributed by atoms with Crippen LogP contribution < -0.4 is 16.0 Å². The van der Waals surface area contributed by atoms with E-state index in [9.17, 15) is 4.79 Å². The predicted octanol–water partition coefficient (Wildman–Crippen LogP) is 2.21. The highest BCUT2D eigenvalue weighted by molar-refractivity contribution is 14.0. The van der Waals surface area contributed by atoms with E-state index in [1.54, 1.807) is 12.3 Å². The number of amides is 1. The van der Waals surface area contributed by atoms with Crippen molar-refractivity contribution in [3.8, 4) is 0 Å². The van der Waals surface area contributed by atoms with Crippen LogP contribution >= 0.6 is 24.0 Å². The molecule has 3 rings (SSSR count). The molecule has 2 saturated heterocycles. The lowest BCUT2D eigenvalue weighted by Gasteiger charge is -2.22. The van der Waals surface area contributed by atoms with Crippen molar-refractivity contribution in [1.82, 2.24) is 15.6 Å². The van der Waals surface area contributed by atoms with E-state index < -0.39 is 0 Å². The molecule has 144 valence electrons. The minimum atomic E-state index is -0.0841. The number of ether oxygens (including phenoxy) is 1. The zero-order valence-electron chi connectivity index (χ0n) is 15.3. The van der Waals surface area contributed by atoms with E-state index in [4.69, 9.17) is 4.74 Å². The lowest BCUT2D eigenvalue weighted by atomic mass is 9.96. The molecule has 0 aromatic carbocycles. The molecular weight excluding hydrogens is 445 g/mol. The Kier molecular flexibility index (Phi) is 8.08. The lowest BCUT2D eigenvalue weighted by Crippen LogP contribution is -2.47. The van der Waals surface area contributed by atoms with Crippen LogP contribution in [0.4, 0.5) is 5.82 Å². The van der Waals surface area contributed by atoms with Crippen LogP contribution in [0.15, 0.2) is 23.3 Å². The second-order valence-corrected chi connectivity index (χ2v) is 6.64. The van der Waals surface area contributed by atoms with E-state index in [-0.39, 0.29) is 29.9 Å². The summed E-state index contributed by atoms with van der Waals surface area (Å²) >= 11 is 0. The zero-order valence-corrected chi connectivity index (χ0v) is 17.7. The highest BCUT2D eigenvalue weighted by Gasteiger charge is 2.41. The molecule has 2 fully saturated rings. The van der Waals surface area contributed by atoms with Gasteiger partial charge in [-0.2, -0.15) is 0 Å². The van der Waals surface area contributed by atoms with Gasteiger partial charge in [0.25, 0.3) is 0 Å². The van der Waals surface area contributed by atoms with Crippen molar-refractivity contribution in [2.24, 2.45) is 4.99 Å². The number of hydrogen-bond acceptors (Lipinski definition) is 4. The summed E-state index contributed by atoms with van der Waals surface area (Å²) in [5, 5.41) is 9.48. The molecule has 1 amide bonds. The Morgan fingerprint density at radius 2 is 2.23 bits per heavy atom. The fraction of sp³-hybridized carbons (Fsp3) is 0.611. The van der Waals surface area contributed by atoms with Gasteiger partial charge in [-0.15, -0.1) is 24.0 Å². The number of hydrogen-bond donors (Lipinski definition) is 3. The Hall–Kier alpha value is -1.42. The first-order chi connectivity index (χ1) is 12.1. The van der Waals surface area contributed by atoms with Crippen LogP contribution in [0.3, 0.4) is 0 Å². The fourth-order valence-corrected chi connectivity index (χ4v) is 3.30. The van der Waals surface area contributed by atoms with Gasteiger partial charge in [0.05, 0.1) is 24.8 Å². The quantitative estimate of drug-likeness (QED) is 0.335. The Labute approximate surface area is 171 Å². The van der Waals surface area contributed by atoms with Gasteiger partial charge >= 0.3 is 0 Å². The number of nitrogens with zero attached hydrogens (tertiary/aromatic N) is 2. The number of pyridine rings is 1. The molecule has 0 radical (unpaired) electrons. The maximum atomic E-state index is 12.0. The summed E-state index contributed by atoms with van der Waals surface area (Å²) in [6.07, 6.45) is 6.08. The monoisotopic (exact) mass is 473 g/mol. The molecule has 1 aromatic heterocycles. The summed E-state index contributed by atoms with van der Waals surface area (Å²) in [6, 6.07) is 4.05. The standard InChI is InChI=1S/C18H27N5O2.HI/c1-3-19-18(22-14-10-13-5-6-15(14)25-13)20-9-8-17(24)23-16-7-4-12(2)11-21-16;/h4,7,11,13-15H,3,5-6,8-10H2,1-2H3,(H2,19,20,22)(H,21,23,24);1H. The van der Waals surface area contributed by atoms with Crippen molar-refractivity contribution in [2.75, 3.05) is 18.4 Å². The van der Waals surface area contributed by atoms with Crippen LogP contribution in [0.25, 0.3) is 0 Å². The number of carbonyl (C=O) groups excluding carboxylic acids is 1. The van der Waals surface area contributed by atoms with Gasteiger partial charge in [-0.25, -0.2) is 4.98 Å². The second kappa shape index (κ2) is 10.1. The number of aromatic nitrogens is 1. The molecule has 0 aliphatic carbocycles. The molecule has 3 unspecified atom stereocenters. The SMILES string of the molecule is CCNC(=NCCC(=O)Nc1ccc(C)cn1)NC1CC2CCC1O2.I. The maximum absolute atomic E-state index is 12.0. The molecule has 3 N–H and O–H groups in total. The van der Waals surface area contributed by atoms with Crippen molar-refractivity contribution >= 4 is 41.7 Å². The van der Waals surface area contributed by atoms with Crippen LogP contribution in [0.2, 0.25) is 0 Å². The molecule has 7 nitrogen and oxygen atoms in total. The molecule has 3 heterocycles. The number of nitrogens with one attached hydrogen (secondary N) is 3. The fourth-order valence-electron chi connectivity index (χ4n) is 3.30. The van der Waals surface area contributed by atoms with Gasteiger partial charge in [0, 0.05) is 19.2 Å². The number of aryl methyl sites for hydroxylation is 1. The summed E-state index contributed by atoms with van der Waals surface area (Å²) in [5.41, 5.74) is 1.06. The molecule has 2 bridgehead atoms. The van der Waals surface area contributed by atoms with Crippen LogP contribution in [-0.4, -0.2) is 48.2 Å². The largest absolute Gasteiger partial charge is 0.373 e. The lowest BCUT2D eigenvalue weighted by molar-refractivity contribution is -0.116. The van der Waals surface area contributed by atoms with Gasteiger partial charge < -0.3 is 20.7 Å². The third-order valence-corrected chi connectivity index (χ3v) is 4.56. The minimum absolute atomic E-state index is 0. The van der Waals surface area contributed by atoms with Gasteiger partial charge in [0.2, 0.25) is 5.91 Å². The van der Waals surface area contributed by atoms with Crippen LogP contribution in [0.5, 0.6) is 0 Å². The van der Waals surface area contributed by atoms with Gasteiger partial charge in [0.15, 0.2) is 5.96 Å². The zero-order chi connectivity index (χ0) is 17.6. The van der Waals surface area contributed by atoms with E-state index in [2.05, 4.69) is 25.9 Å². The molecule has 0 saturated carbocycles. The van der Waals surface area contributed by atoms with Crippen molar-refractivity contribution in [3.63, 3.8) is 0 Å². The molecule has 3 atom stereocenters. The summed E-state index contributed by atoms with van der Waals surface area (Å²) < 4.78 is 5.87. The number of carbonyl (C=O) groups is 1. The first kappa shape index (κ1) is 20.9. The van der Waals surface area contributed by atoms with Crippen molar-refractivity contribution in [2.45, 2.75) is 57.8 Å². The summed E-state index contributed by atoms with van der Waals surface area (Å²) in [6.45, 7) is 5.20. The average molecular weight is 473 g/mol. The highest BCUT2D eigenvalue weighted by atomic mass is 127. The van der Waals surface area contributed by atoms with Gasteiger partial charge in [-0.3, -0.25) is 9.79 Å². The molecule has 1 aromatic rings. The van der Waals surface area contributed by atoms with Gasteiger partial charge in [0.1, 0.15) is 5.82 Å². The molecule has 0 spiro atoms. The van der Waals surface area contributed by atoms with Crippen LogP contribution in [0, 0.1) is 6.92 Å². The average Bonchev–Trinajstić information content (AvgIpc) is 3.20. The summed E-state index contributed by atoms with van der Waals surface area (Å²) in [5.74, 6) is 1.24. The van der Waals surface area contributed by atoms with Crippen LogP contribution in [-0.2, 0) is 9.53 Å². The number of fused-ring (bicyclic) bond motifs is 2. The number of anilines is 1. The maximum Gasteiger partial charge on any atom is 0.227 e. The second-order valence-electron chi connectivity index (χ2n) is 6.64. The molecule has 8 heteroatoms. The third kappa shape index (κ3) is 5.80. The smallest absolute Gasteiger partial charge is 0.227 e. The number of guanidine groups is 1. The van der Waals surface area contributed by atoms with Crippen molar-refractivity contribution in [3.05, 3.63) is 23.9 Å². The Morgan fingerprint density at radius 3 is 2.85 bits per heavy atom. The van der Waals surface area contributed by atoms with E-state index in [0.29, 0.717) is 37.0 Å². The Bertz CT molecular complexity index is 623. The molecule has 26 heavy (non-hydrogen) atoms. The molecule has 2 aliphatic heterocycles. The van der Waals surface area contributed by atoms with Crippen molar-refractivity contribution in [1.29, 1.82) is 0 Å². The highest BCUT2D eigenvalue weighted by Crippen LogP contribution is 2.34. The Morgan fingerprint density at radius 1 is 1.38 bits per heavy atom. The number of rotatable bonds is 6. The van der Waals surface area contributed by atoms with Gasteiger partial charge in [-0.05, 0) is 44.7 Å². The van der Waals surface area contributed by atoms with Crippen molar-refractivity contribution < 1.29 is 9.53 Å². The molecule has 2 aliphatic rings. The number of halogens is 1. The number of aliphatic imine (C=N–C) groups is 1. The molecular formula is C18H28IN5O2. The van der Waals surface area contributed by atoms with E-state index >= 15 is 0 Å². The first-order valence-electron chi connectivity index (χ1n) is 9.07. The van der Waals surface area contributed by atoms with E-state index in [0.717, 1.165) is 30.9 Å². The van der Waals surface area contributed by atoms with E-state index in [1.807, 2.05) is 19.9 Å². The summed E-state index contributed by atoms with van der Waals surface area (Å²) in [4.78, 5) is 20.7. The van der Waals surface area contributed by atoms with Gasteiger partial charge in [-0.1, -0.05) is 6.07 Å². The predicted molar refractivity (Wildman–Crippen MR) is 113 cm³/mol. The van der Waals surface area contributed by atoms with E-state index in [1.165, 1.54) is 6.42 Å². The Balaban J connectivity index is 0.00000243. The minimum Gasteiger partial charge on any atom is -0.373 e. The topological polar surface area (TPSA) is 87.6 Å². The summed E-state index contributed by atoms with van der Waals surface area (Å²) in [7, 11) is 0. The van der Waals surface area contributed by atoms with Crippen LogP contribution in [0.1, 0.15) is 38.2 Å². The normalized spacial score (nSPS) is 24.1.